The van der Waals surface area contributed by atoms with Crippen molar-refractivity contribution < 1.29 is 9.13 Å². The number of ether oxygens (including phenoxy) is 1. The third-order valence-electron chi connectivity index (χ3n) is 3.22. The van der Waals surface area contributed by atoms with Gasteiger partial charge in [-0.2, -0.15) is 0 Å². The predicted octanol–water partition coefficient (Wildman–Crippen LogP) is 2.50. The Hall–Kier alpha value is -1.09. The molecule has 1 unspecified atom stereocenters. The summed E-state index contributed by atoms with van der Waals surface area (Å²) in [4.78, 5) is 0. The number of rotatable bonds is 5. The lowest BCUT2D eigenvalue weighted by atomic mass is 10.0. The van der Waals surface area contributed by atoms with Crippen LogP contribution in [0.15, 0.2) is 18.2 Å². The Morgan fingerprint density at radius 1 is 1.50 bits per heavy atom. The predicted molar refractivity (Wildman–Crippen MR) is 62.0 cm³/mol. The third kappa shape index (κ3) is 2.73. The molecular formula is C13H18FNO. The van der Waals surface area contributed by atoms with E-state index in [9.17, 15) is 4.39 Å². The molecule has 16 heavy (non-hydrogen) atoms. The van der Waals surface area contributed by atoms with E-state index in [4.69, 9.17) is 10.5 Å². The number of hydrogen-bond acceptors (Lipinski definition) is 2. The maximum Gasteiger partial charge on any atom is 0.123 e. The molecule has 0 bridgehead atoms. The van der Waals surface area contributed by atoms with Gasteiger partial charge in [-0.25, -0.2) is 4.39 Å². The molecule has 88 valence electrons. The Morgan fingerprint density at radius 3 is 2.88 bits per heavy atom. The van der Waals surface area contributed by atoms with Crippen molar-refractivity contribution >= 4 is 0 Å². The summed E-state index contributed by atoms with van der Waals surface area (Å²) in [5.41, 5.74) is 6.94. The van der Waals surface area contributed by atoms with E-state index in [0.717, 1.165) is 24.2 Å². The summed E-state index contributed by atoms with van der Waals surface area (Å²) in [6.45, 7) is 0. The molecule has 1 fully saturated rings. The first-order valence-electron chi connectivity index (χ1n) is 5.78. The van der Waals surface area contributed by atoms with Crippen LogP contribution in [0.2, 0.25) is 0 Å². The van der Waals surface area contributed by atoms with Crippen molar-refractivity contribution in [3.63, 3.8) is 0 Å². The van der Waals surface area contributed by atoms with Gasteiger partial charge in [-0.05, 0) is 55.4 Å². The maximum absolute atomic E-state index is 13.1. The highest BCUT2D eigenvalue weighted by molar-refractivity contribution is 5.34. The number of aryl methyl sites for hydroxylation is 1. The van der Waals surface area contributed by atoms with Crippen LogP contribution < -0.4 is 10.5 Å². The number of methoxy groups -OCH3 is 1. The lowest BCUT2D eigenvalue weighted by Gasteiger charge is -2.12. The van der Waals surface area contributed by atoms with Crippen molar-refractivity contribution in [1.29, 1.82) is 0 Å². The van der Waals surface area contributed by atoms with Gasteiger partial charge in [0.25, 0.3) is 0 Å². The lowest BCUT2D eigenvalue weighted by Crippen LogP contribution is -2.23. The molecular weight excluding hydrogens is 205 g/mol. The second kappa shape index (κ2) is 4.83. The normalized spacial score (nSPS) is 17.2. The molecule has 2 rings (SSSR count). The monoisotopic (exact) mass is 223 g/mol. The Balaban J connectivity index is 1.98. The molecule has 0 amide bonds. The highest BCUT2D eigenvalue weighted by atomic mass is 19.1. The van der Waals surface area contributed by atoms with Crippen LogP contribution in [-0.4, -0.2) is 13.2 Å². The molecule has 2 nitrogen and oxygen atoms in total. The van der Waals surface area contributed by atoms with E-state index in [1.807, 2.05) is 0 Å². The number of hydrogen-bond donors (Lipinski definition) is 1. The number of halogens is 1. The maximum atomic E-state index is 13.1. The molecule has 0 aliphatic heterocycles. The molecule has 1 aromatic rings. The van der Waals surface area contributed by atoms with Crippen LogP contribution in [0, 0.1) is 11.7 Å². The second-order valence-electron chi connectivity index (χ2n) is 4.50. The molecule has 0 spiro atoms. The van der Waals surface area contributed by atoms with E-state index < -0.39 is 0 Å². The molecule has 1 aliphatic carbocycles. The highest BCUT2D eigenvalue weighted by Gasteiger charge is 2.28. The van der Waals surface area contributed by atoms with Crippen molar-refractivity contribution in [3.05, 3.63) is 29.6 Å². The molecule has 1 atom stereocenters. The first kappa shape index (κ1) is 11.4. The van der Waals surface area contributed by atoms with E-state index in [1.54, 1.807) is 19.2 Å². The summed E-state index contributed by atoms with van der Waals surface area (Å²) in [5.74, 6) is 1.24. The minimum Gasteiger partial charge on any atom is -0.496 e. The zero-order chi connectivity index (χ0) is 11.5. The first-order chi connectivity index (χ1) is 7.70. The zero-order valence-electron chi connectivity index (χ0n) is 9.58. The number of benzene rings is 1. The van der Waals surface area contributed by atoms with Crippen LogP contribution in [-0.2, 0) is 6.42 Å². The van der Waals surface area contributed by atoms with Crippen LogP contribution in [0.5, 0.6) is 5.75 Å². The van der Waals surface area contributed by atoms with Crippen LogP contribution in [0.1, 0.15) is 24.8 Å². The van der Waals surface area contributed by atoms with Crippen molar-refractivity contribution in [1.82, 2.24) is 0 Å². The minimum absolute atomic E-state index is 0.212. The van der Waals surface area contributed by atoms with Gasteiger partial charge in [0.2, 0.25) is 0 Å². The largest absolute Gasteiger partial charge is 0.496 e. The van der Waals surface area contributed by atoms with Crippen LogP contribution in [0.25, 0.3) is 0 Å². The zero-order valence-corrected chi connectivity index (χ0v) is 9.58. The van der Waals surface area contributed by atoms with Crippen LogP contribution in [0.4, 0.5) is 4.39 Å². The van der Waals surface area contributed by atoms with Gasteiger partial charge < -0.3 is 10.5 Å². The molecule has 0 saturated heterocycles. The average Bonchev–Trinajstić information content (AvgIpc) is 3.10. The van der Waals surface area contributed by atoms with E-state index >= 15 is 0 Å². The standard InChI is InChI=1S/C13H18FNO/c1-16-13-7-5-11(14)8-10(13)4-6-12(15)9-2-3-9/h5,7-9,12H,2-4,6,15H2,1H3. The Labute approximate surface area is 95.6 Å². The molecule has 1 aromatic carbocycles. The topological polar surface area (TPSA) is 35.2 Å². The average molecular weight is 223 g/mol. The van der Waals surface area contributed by atoms with Gasteiger partial charge in [-0.3, -0.25) is 0 Å². The van der Waals surface area contributed by atoms with Gasteiger partial charge in [0.15, 0.2) is 0 Å². The van der Waals surface area contributed by atoms with E-state index in [2.05, 4.69) is 0 Å². The van der Waals surface area contributed by atoms with Crippen LogP contribution >= 0.6 is 0 Å². The summed E-state index contributed by atoms with van der Waals surface area (Å²) < 4.78 is 18.3. The van der Waals surface area contributed by atoms with Gasteiger partial charge in [0, 0.05) is 6.04 Å². The molecule has 3 heteroatoms. The van der Waals surface area contributed by atoms with Crippen LogP contribution in [0.3, 0.4) is 0 Å². The fourth-order valence-electron chi connectivity index (χ4n) is 2.02. The highest BCUT2D eigenvalue weighted by Crippen LogP contribution is 2.33. The van der Waals surface area contributed by atoms with Gasteiger partial charge in [-0.15, -0.1) is 0 Å². The van der Waals surface area contributed by atoms with Gasteiger partial charge in [0.1, 0.15) is 11.6 Å². The van der Waals surface area contributed by atoms with E-state index in [-0.39, 0.29) is 11.9 Å². The Bertz CT molecular complexity index is 363. The van der Waals surface area contributed by atoms with E-state index in [1.165, 1.54) is 18.9 Å². The van der Waals surface area contributed by atoms with Gasteiger partial charge in [0.05, 0.1) is 7.11 Å². The molecule has 0 radical (unpaired) electrons. The summed E-state index contributed by atoms with van der Waals surface area (Å²) in [5, 5.41) is 0. The molecule has 2 N–H and O–H groups in total. The molecule has 0 heterocycles. The summed E-state index contributed by atoms with van der Waals surface area (Å²) >= 11 is 0. The smallest absolute Gasteiger partial charge is 0.123 e. The van der Waals surface area contributed by atoms with Crippen molar-refractivity contribution in [2.75, 3.05) is 7.11 Å². The molecule has 1 saturated carbocycles. The molecule has 0 aromatic heterocycles. The minimum atomic E-state index is -0.212. The fraction of sp³-hybridized carbons (Fsp3) is 0.538. The van der Waals surface area contributed by atoms with E-state index in [0.29, 0.717) is 5.92 Å². The quantitative estimate of drug-likeness (QED) is 0.832. The Kier molecular flexibility index (Phi) is 3.44. The van der Waals surface area contributed by atoms with Crippen molar-refractivity contribution in [2.45, 2.75) is 31.7 Å². The molecule has 1 aliphatic rings. The summed E-state index contributed by atoms with van der Waals surface area (Å²) in [6.07, 6.45) is 4.20. The summed E-state index contributed by atoms with van der Waals surface area (Å²) in [6, 6.07) is 4.89. The second-order valence-corrected chi connectivity index (χ2v) is 4.50. The first-order valence-corrected chi connectivity index (χ1v) is 5.78. The van der Waals surface area contributed by atoms with Crippen molar-refractivity contribution in [2.24, 2.45) is 11.7 Å². The third-order valence-corrected chi connectivity index (χ3v) is 3.22. The van der Waals surface area contributed by atoms with Gasteiger partial charge >= 0.3 is 0 Å². The SMILES string of the molecule is COc1ccc(F)cc1CCC(N)C1CC1. The van der Waals surface area contributed by atoms with Crippen molar-refractivity contribution in [3.8, 4) is 5.75 Å². The lowest BCUT2D eigenvalue weighted by molar-refractivity contribution is 0.406. The number of nitrogens with two attached hydrogens (primary N) is 1. The van der Waals surface area contributed by atoms with Gasteiger partial charge in [-0.1, -0.05) is 0 Å². The fourth-order valence-corrected chi connectivity index (χ4v) is 2.02. The summed E-state index contributed by atoms with van der Waals surface area (Å²) in [7, 11) is 1.61. The Morgan fingerprint density at radius 2 is 2.25 bits per heavy atom.